The molecule has 0 bridgehead atoms. The number of rotatable bonds is 5. The molecule has 0 fully saturated rings. The maximum atomic E-state index is 5.55. The summed E-state index contributed by atoms with van der Waals surface area (Å²) in [7, 11) is 0. The van der Waals surface area contributed by atoms with E-state index < -0.39 is 0 Å². The van der Waals surface area contributed by atoms with E-state index in [1.165, 1.54) is 10.7 Å². The Kier molecular flexibility index (Phi) is 4.92. The van der Waals surface area contributed by atoms with Gasteiger partial charge in [-0.15, -0.1) is 11.3 Å². The van der Waals surface area contributed by atoms with Crippen LogP contribution in [0.3, 0.4) is 0 Å². The van der Waals surface area contributed by atoms with Gasteiger partial charge in [0.2, 0.25) is 0 Å². The molecular weight excluding hydrogens is 212 g/mol. The van der Waals surface area contributed by atoms with Crippen molar-refractivity contribution in [2.24, 2.45) is 5.73 Å². The van der Waals surface area contributed by atoms with Crippen LogP contribution < -0.4 is 5.73 Å². The zero-order valence-corrected chi connectivity index (χ0v) is 10.6. The average molecular weight is 230 g/mol. The highest BCUT2D eigenvalue weighted by molar-refractivity contribution is 7.99. The molecule has 2 N–H and O–H groups in total. The molecule has 14 heavy (non-hydrogen) atoms. The summed E-state index contributed by atoms with van der Waals surface area (Å²) in [6.07, 6.45) is 0. The van der Waals surface area contributed by atoms with Gasteiger partial charge in [0.05, 0.1) is 10.7 Å². The average Bonchev–Trinajstić information content (AvgIpc) is 2.62. The molecule has 1 unspecified atom stereocenters. The highest BCUT2D eigenvalue weighted by atomic mass is 32.2. The molecule has 1 aromatic rings. The van der Waals surface area contributed by atoms with Crippen molar-refractivity contribution in [3.05, 3.63) is 16.1 Å². The van der Waals surface area contributed by atoms with Crippen molar-refractivity contribution in [1.82, 2.24) is 4.98 Å². The molecule has 1 atom stereocenters. The molecular formula is C10H18N2S2. The molecule has 0 saturated heterocycles. The minimum Gasteiger partial charge on any atom is -0.329 e. The molecule has 1 heterocycles. The van der Waals surface area contributed by atoms with Crippen molar-refractivity contribution in [2.45, 2.75) is 37.7 Å². The van der Waals surface area contributed by atoms with Crippen LogP contribution in [0, 0.1) is 0 Å². The van der Waals surface area contributed by atoms with Crippen LogP contribution in [0.15, 0.2) is 5.38 Å². The van der Waals surface area contributed by atoms with Crippen LogP contribution in [-0.4, -0.2) is 16.8 Å². The topological polar surface area (TPSA) is 38.9 Å². The van der Waals surface area contributed by atoms with Crippen LogP contribution >= 0.6 is 23.1 Å². The predicted octanol–water partition coefficient (Wildman–Crippen LogP) is 2.85. The van der Waals surface area contributed by atoms with E-state index in [0.29, 0.717) is 11.2 Å². The van der Waals surface area contributed by atoms with E-state index in [-0.39, 0.29) is 0 Å². The minimum absolute atomic E-state index is 0.527. The second kappa shape index (κ2) is 5.73. The molecule has 0 aliphatic heterocycles. The van der Waals surface area contributed by atoms with Crippen LogP contribution in [-0.2, 0) is 5.75 Å². The van der Waals surface area contributed by atoms with Gasteiger partial charge in [0, 0.05) is 28.8 Å². The van der Waals surface area contributed by atoms with Gasteiger partial charge < -0.3 is 5.73 Å². The van der Waals surface area contributed by atoms with Gasteiger partial charge in [-0.1, -0.05) is 20.8 Å². The summed E-state index contributed by atoms with van der Waals surface area (Å²) < 4.78 is 0. The first-order chi connectivity index (χ1) is 6.63. The quantitative estimate of drug-likeness (QED) is 0.845. The number of hydrogen-bond donors (Lipinski definition) is 1. The van der Waals surface area contributed by atoms with E-state index in [1.54, 1.807) is 11.3 Å². The lowest BCUT2D eigenvalue weighted by molar-refractivity contribution is 0.846. The Morgan fingerprint density at radius 2 is 2.21 bits per heavy atom. The van der Waals surface area contributed by atoms with Gasteiger partial charge >= 0.3 is 0 Å². The second-order valence-corrected chi connectivity index (χ2v) is 6.01. The van der Waals surface area contributed by atoms with E-state index in [1.807, 2.05) is 11.8 Å². The minimum atomic E-state index is 0.527. The van der Waals surface area contributed by atoms with E-state index in [0.717, 1.165) is 12.3 Å². The van der Waals surface area contributed by atoms with Crippen molar-refractivity contribution >= 4 is 23.1 Å². The van der Waals surface area contributed by atoms with Gasteiger partial charge in [-0.3, -0.25) is 0 Å². The lowest BCUT2D eigenvalue weighted by Crippen LogP contribution is -2.12. The monoisotopic (exact) mass is 230 g/mol. The van der Waals surface area contributed by atoms with Gasteiger partial charge in [0.25, 0.3) is 0 Å². The van der Waals surface area contributed by atoms with E-state index in [2.05, 4.69) is 31.1 Å². The second-order valence-electron chi connectivity index (χ2n) is 3.69. The van der Waals surface area contributed by atoms with Crippen LogP contribution in [0.25, 0.3) is 0 Å². The summed E-state index contributed by atoms with van der Waals surface area (Å²) in [6, 6.07) is 0. The smallest absolute Gasteiger partial charge is 0.0954 e. The van der Waals surface area contributed by atoms with Crippen molar-refractivity contribution < 1.29 is 0 Å². The normalized spacial score (nSPS) is 13.5. The van der Waals surface area contributed by atoms with Crippen molar-refractivity contribution in [3.63, 3.8) is 0 Å². The number of thiazole rings is 1. The molecule has 0 aliphatic carbocycles. The fourth-order valence-electron chi connectivity index (χ4n) is 0.950. The lowest BCUT2D eigenvalue weighted by Gasteiger charge is -2.05. The van der Waals surface area contributed by atoms with Crippen LogP contribution in [0.2, 0.25) is 0 Å². The number of thioether (sulfide) groups is 1. The summed E-state index contributed by atoms with van der Waals surface area (Å²) in [5.74, 6) is 1.53. The molecule has 4 heteroatoms. The Balaban J connectivity index is 2.44. The third-order valence-corrected chi connectivity index (χ3v) is 4.33. The Hall–Kier alpha value is -0.0600. The van der Waals surface area contributed by atoms with Gasteiger partial charge in [-0.05, 0) is 0 Å². The van der Waals surface area contributed by atoms with Gasteiger partial charge in [-0.25, -0.2) is 4.98 Å². The van der Waals surface area contributed by atoms with E-state index in [9.17, 15) is 0 Å². The first kappa shape index (κ1) is 12.0. The SMILES string of the molecule is CC(CN)SCc1csc(C(C)C)n1. The molecule has 0 aliphatic rings. The Morgan fingerprint density at radius 3 is 2.71 bits per heavy atom. The standard InChI is InChI=1S/C10H18N2S2/c1-7(2)10-12-9(6-14-10)5-13-8(3)4-11/h6-8H,4-5,11H2,1-3H3. The first-order valence-electron chi connectivity index (χ1n) is 4.89. The lowest BCUT2D eigenvalue weighted by atomic mass is 10.2. The Labute approximate surface area is 94.3 Å². The van der Waals surface area contributed by atoms with Crippen LogP contribution in [0.5, 0.6) is 0 Å². The highest BCUT2D eigenvalue weighted by Crippen LogP contribution is 2.23. The molecule has 1 rings (SSSR count). The van der Waals surface area contributed by atoms with Crippen LogP contribution in [0.1, 0.15) is 37.4 Å². The van der Waals surface area contributed by atoms with Gasteiger partial charge in [0.15, 0.2) is 0 Å². The first-order valence-corrected chi connectivity index (χ1v) is 6.82. The molecule has 0 spiro atoms. The third-order valence-electron chi connectivity index (χ3n) is 1.91. The maximum absolute atomic E-state index is 5.55. The number of nitrogens with zero attached hydrogens (tertiary/aromatic N) is 1. The molecule has 1 aromatic heterocycles. The molecule has 0 saturated carbocycles. The van der Waals surface area contributed by atoms with Crippen molar-refractivity contribution in [2.75, 3.05) is 6.54 Å². The predicted molar refractivity (Wildman–Crippen MR) is 66.0 cm³/mol. The molecule has 0 aromatic carbocycles. The number of nitrogens with two attached hydrogens (primary N) is 1. The molecule has 80 valence electrons. The summed E-state index contributed by atoms with van der Waals surface area (Å²) in [6.45, 7) is 7.25. The summed E-state index contributed by atoms with van der Waals surface area (Å²) >= 11 is 3.63. The van der Waals surface area contributed by atoms with Gasteiger partial charge in [-0.2, -0.15) is 11.8 Å². The summed E-state index contributed by atoms with van der Waals surface area (Å²) in [5.41, 5.74) is 6.75. The zero-order chi connectivity index (χ0) is 10.6. The van der Waals surface area contributed by atoms with E-state index >= 15 is 0 Å². The Bertz CT molecular complexity index is 271. The van der Waals surface area contributed by atoms with Crippen molar-refractivity contribution in [3.8, 4) is 0 Å². The number of aromatic nitrogens is 1. The van der Waals surface area contributed by atoms with Crippen molar-refractivity contribution in [1.29, 1.82) is 0 Å². The fraction of sp³-hybridized carbons (Fsp3) is 0.700. The summed E-state index contributed by atoms with van der Waals surface area (Å²) in [5, 5.41) is 3.92. The number of hydrogen-bond acceptors (Lipinski definition) is 4. The van der Waals surface area contributed by atoms with Crippen LogP contribution in [0.4, 0.5) is 0 Å². The zero-order valence-electron chi connectivity index (χ0n) is 8.99. The van der Waals surface area contributed by atoms with Gasteiger partial charge in [0.1, 0.15) is 0 Å². The molecule has 2 nitrogen and oxygen atoms in total. The maximum Gasteiger partial charge on any atom is 0.0954 e. The summed E-state index contributed by atoms with van der Waals surface area (Å²) in [4.78, 5) is 4.57. The Morgan fingerprint density at radius 1 is 1.50 bits per heavy atom. The molecule has 0 radical (unpaired) electrons. The highest BCUT2D eigenvalue weighted by Gasteiger charge is 2.07. The fourth-order valence-corrected chi connectivity index (χ4v) is 2.63. The molecule has 0 amide bonds. The van der Waals surface area contributed by atoms with E-state index in [4.69, 9.17) is 5.73 Å². The third kappa shape index (κ3) is 3.59. The largest absolute Gasteiger partial charge is 0.329 e.